The summed E-state index contributed by atoms with van der Waals surface area (Å²) in [5.74, 6) is 0.839. The number of anilines is 1. The lowest BCUT2D eigenvalue weighted by molar-refractivity contribution is -0.274. The van der Waals surface area contributed by atoms with Gasteiger partial charge in [-0.1, -0.05) is 6.07 Å². The quantitative estimate of drug-likeness (QED) is 0.564. The highest BCUT2D eigenvalue weighted by atomic mass is 32.2. The van der Waals surface area contributed by atoms with Crippen LogP contribution in [-0.2, 0) is 22.9 Å². The molecule has 0 amide bonds. The van der Waals surface area contributed by atoms with Gasteiger partial charge in [-0.3, -0.25) is 0 Å². The van der Waals surface area contributed by atoms with E-state index in [1.165, 1.54) is 22.8 Å². The Morgan fingerprint density at radius 2 is 1.79 bits per heavy atom. The van der Waals surface area contributed by atoms with E-state index < -0.39 is 22.1 Å². The molecule has 0 spiro atoms. The van der Waals surface area contributed by atoms with E-state index >= 15 is 0 Å². The second kappa shape index (κ2) is 8.13. The number of hydrogen-bond acceptors (Lipinski definition) is 7. The normalized spacial score (nSPS) is 17.8. The smallest absolute Gasteiger partial charge is 0.406 e. The second-order valence-corrected chi connectivity index (χ2v) is 9.89. The lowest BCUT2D eigenvalue weighted by atomic mass is 9.96. The molecule has 0 atom stereocenters. The zero-order valence-corrected chi connectivity index (χ0v) is 18.3. The summed E-state index contributed by atoms with van der Waals surface area (Å²) in [7, 11) is -3.98. The molecule has 33 heavy (non-hydrogen) atoms. The van der Waals surface area contributed by atoms with Crippen molar-refractivity contribution in [2.75, 3.05) is 31.1 Å². The van der Waals surface area contributed by atoms with Gasteiger partial charge in [-0.25, -0.2) is 13.4 Å². The molecule has 1 saturated heterocycles. The fourth-order valence-electron chi connectivity index (χ4n) is 4.41. The fraction of sp³-hybridized carbons (Fsp3) is 0.450. The Hall–Kier alpha value is -2.93. The molecule has 3 aromatic rings. The summed E-state index contributed by atoms with van der Waals surface area (Å²) >= 11 is 0. The van der Waals surface area contributed by atoms with Crippen LogP contribution in [0.3, 0.4) is 0 Å². The summed E-state index contributed by atoms with van der Waals surface area (Å²) in [6, 6.07) is 4.46. The van der Waals surface area contributed by atoms with Gasteiger partial charge in [0.15, 0.2) is 0 Å². The van der Waals surface area contributed by atoms with Gasteiger partial charge in [0.05, 0.1) is 10.6 Å². The molecule has 1 aliphatic heterocycles. The largest absolute Gasteiger partial charge is 0.573 e. The Kier molecular flexibility index (Phi) is 5.40. The van der Waals surface area contributed by atoms with Crippen molar-refractivity contribution in [2.45, 2.75) is 36.9 Å². The van der Waals surface area contributed by atoms with Gasteiger partial charge < -0.3 is 9.64 Å². The van der Waals surface area contributed by atoms with Gasteiger partial charge in [0.25, 0.3) is 5.78 Å². The van der Waals surface area contributed by atoms with Crippen molar-refractivity contribution < 1.29 is 26.3 Å². The van der Waals surface area contributed by atoms with Crippen LogP contribution in [-0.4, -0.2) is 64.8 Å². The molecule has 176 valence electrons. The van der Waals surface area contributed by atoms with Crippen LogP contribution in [0.4, 0.5) is 19.0 Å². The van der Waals surface area contributed by atoms with Gasteiger partial charge >= 0.3 is 6.36 Å². The highest BCUT2D eigenvalue weighted by Crippen LogP contribution is 2.31. The van der Waals surface area contributed by atoms with E-state index in [0.29, 0.717) is 18.9 Å². The predicted molar refractivity (Wildman–Crippen MR) is 112 cm³/mol. The number of nitrogens with zero attached hydrogens (tertiary/aromatic N) is 6. The van der Waals surface area contributed by atoms with E-state index in [1.54, 1.807) is 4.52 Å². The SMILES string of the molecule is O=S(=O)(c1cccc(OC(F)(F)F)c1)N1CCN(c2c3c(nc4ncnn24)CCCC3)CC1. The number of sulfonamides is 1. The third kappa shape index (κ3) is 4.22. The summed E-state index contributed by atoms with van der Waals surface area (Å²) in [6.45, 7) is 1.17. The minimum atomic E-state index is -4.90. The first-order valence-electron chi connectivity index (χ1n) is 10.5. The Labute approximate surface area is 187 Å². The molecule has 1 fully saturated rings. The number of halogens is 3. The Morgan fingerprint density at radius 3 is 2.55 bits per heavy atom. The minimum absolute atomic E-state index is 0.181. The summed E-state index contributed by atoms with van der Waals surface area (Å²) in [4.78, 5) is 10.7. The molecule has 13 heteroatoms. The van der Waals surface area contributed by atoms with Crippen molar-refractivity contribution >= 4 is 21.6 Å². The first kappa shape index (κ1) is 21.9. The average Bonchev–Trinajstić information content (AvgIpc) is 3.24. The van der Waals surface area contributed by atoms with Crippen LogP contribution in [0.5, 0.6) is 5.75 Å². The molecule has 2 aliphatic rings. The van der Waals surface area contributed by atoms with E-state index in [1.807, 2.05) is 0 Å². The zero-order valence-electron chi connectivity index (χ0n) is 17.5. The number of piperazine rings is 1. The molecule has 2 aromatic heterocycles. The van der Waals surface area contributed by atoms with Crippen LogP contribution in [0.2, 0.25) is 0 Å². The molecular formula is C20H21F3N6O3S. The predicted octanol–water partition coefficient (Wildman–Crippen LogP) is 2.41. The highest BCUT2D eigenvalue weighted by molar-refractivity contribution is 7.89. The molecule has 0 radical (unpaired) electrons. The average molecular weight is 482 g/mol. The third-order valence-corrected chi connectivity index (χ3v) is 7.78. The van der Waals surface area contributed by atoms with E-state index in [4.69, 9.17) is 0 Å². The van der Waals surface area contributed by atoms with Crippen LogP contribution in [0.15, 0.2) is 35.5 Å². The number of alkyl halides is 3. The number of fused-ring (bicyclic) bond motifs is 2. The lowest BCUT2D eigenvalue weighted by Gasteiger charge is -2.36. The van der Waals surface area contributed by atoms with Gasteiger partial charge in [0.2, 0.25) is 10.0 Å². The fourth-order valence-corrected chi connectivity index (χ4v) is 5.87. The maximum Gasteiger partial charge on any atom is 0.573 e. The molecule has 0 bridgehead atoms. The molecule has 1 aromatic carbocycles. The molecule has 3 heterocycles. The van der Waals surface area contributed by atoms with E-state index in [-0.39, 0.29) is 18.0 Å². The van der Waals surface area contributed by atoms with Crippen molar-refractivity contribution in [2.24, 2.45) is 0 Å². The van der Waals surface area contributed by atoms with Crippen LogP contribution < -0.4 is 9.64 Å². The van der Waals surface area contributed by atoms with Gasteiger partial charge in [-0.15, -0.1) is 13.2 Å². The van der Waals surface area contributed by atoms with E-state index in [2.05, 4.69) is 24.7 Å². The summed E-state index contributed by atoms with van der Waals surface area (Å²) in [5.41, 5.74) is 2.13. The number of ether oxygens (including phenoxy) is 1. The van der Waals surface area contributed by atoms with Crippen LogP contribution >= 0.6 is 0 Å². The van der Waals surface area contributed by atoms with Crippen LogP contribution in [0, 0.1) is 0 Å². The molecule has 9 nitrogen and oxygen atoms in total. The first-order valence-corrected chi connectivity index (χ1v) is 12.0. The second-order valence-electron chi connectivity index (χ2n) is 7.95. The highest BCUT2D eigenvalue weighted by Gasteiger charge is 2.34. The van der Waals surface area contributed by atoms with Crippen molar-refractivity contribution in [1.82, 2.24) is 23.9 Å². The number of hydrogen-bond donors (Lipinski definition) is 0. The summed E-state index contributed by atoms with van der Waals surface area (Å²) < 4.78 is 70.6. The zero-order chi connectivity index (χ0) is 23.2. The van der Waals surface area contributed by atoms with Crippen LogP contribution in [0.1, 0.15) is 24.1 Å². The molecule has 1 aliphatic carbocycles. The van der Waals surface area contributed by atoms with Crippen LogP contribution in [0.25, 0.3) is 5.78 Å². The Bertz CT molecular complexity index is 1290. The van der Waals surface area contributed by atoms with E-state index in [9.17, 15) is 21.6 Å². The minimum Gasteiger partial charge on any atom is -0.406 e. The van der Waals surface area contributed by atoms with Crippen molar-refractivity contribution in [3.05, 3.63) is 41.9 Å². The van der Waals surface area contributed by atoms with Gasteiger partial charge in [-0.05, 0) is 37.8 Å². The third-order valence-electron chi connectivity index (χ3n) is 5.89. The summed E-state index contributed by atoms with van der Waals surface area (Å²) in [6.07, 6.45) is 0.409. The monoisotopic (exact) mass is 482 g/mol. The maximum absolute atomic E-state index is 13.1. The van der Waals surface area contributed by atoms with Gasteiger partial charge in [-0.2, -0.15) is 18.9 Å². The number of rotatable bonds is 4. The maximum atomic E-state index is 13.1. The number of benzene rings is 1. The Morgan fingerprint density at radius 1 is 1.03 bits per heavy atom. The lowest BCUT2D eigenvalue weighted by Crippen LogP contribution is -2.49. The van der Waals surface area contributed by atoms with Crippen molar-refractivity contribution in [3.8, 4) is 5.75 Å². The summed E-state index contributed by atoms with van der Waals surface area (Å²) in [5, 5.41) is 4.32. The molecule has 0 saturated carbocycles. The molecule has 5 rings (SSSR count). The Balaban J connectivity index is 1.38. The molecule has 0 unspecified atom stereocenters. The van der Waals surface area contributed by atoms with Gasteiger partial charge in [0, 0.05) is 37.8 Å². The van der Waals surface area contributed by atoms with E-state index in [0.717, 1.165) is 54.9 Å². The van der Waals surface area contributed by atoms with Crippen molar-refractivity contribution in [1.29, 1.82) is 0 Å². The number of aryl methyl sites for hydroxylation is 1. The van der Waals surface area contributed by atoms with Gasteiger partial charge in [0.1, 0.15) is 17.9 Å². The van der Waals surface area contributed by atoms with Crippen molar-refractivity contribution in [3.63, 3.8) is 0 Å². The standard InChI is InChI=1S/C20H21F3N6O3S/c21-20(22,23)32-14-4-3-5-15(12-14)33(30,31)28-10-8-27(9-11-28)18-16-6-1-2-7-17(16)26-19-24-13-25-29(18)19/h3-5,12-13H,1-2,6-11H2. The number of aromatic nitrogens is 4. The topological polar surface area (TPSA) is 92.9 Å². The first-order chi connectivity index (χ1) is 15.7. The molecular weight excluding hydrogens is 461 g/mol. The molecule has 0 N–H and O–H groups in total.